The maximum atomic E-state index is 12.5. The Morgan fingerprint density at radius 3 is 2.79 bits per heavy atom. The van der Waals surface area contributed by atoms with Crippen LogP contribution in [0, 0.1) is 0 Å². The second kappa shape index (κ2) is 3.23. The highest BCUT2D eigenvalue weighted by Crippen LogP contribution is 2.32. The molecule has 1 aromatic rings. The van der Waals surface area contributed by atoms with Crippen molar-refractivity contribution in [2.45, 2.75) is 19.3 Å². The van der Waals surface area contributed by atoms with E-state index < -0.39 is 12.0 Å². The van der Waals surface area contributed by atoms with E-state index in [-0.39, 0.29) is 4.60 Å². The van der Waals surface area contributed by atoms with Crippen LogP contribution >= 0.6 is 15.9 Å². The van der Waals surface area contributed by atoms with E-state index in [2.05, 4.69) is 26.2 Å². The summed E-state index contributed by atoms with van der Waals surface area (Å²) in [6.45, 7) is 1.27. The third kappa shape index (κ3) is 1.54. The monoisotopic (exact) mass is 269 g/mol. The van der Waals surface area contributed by atoms with Gasteiger partial charge >= 0.3 is 6.18 Å². The highest BCUT2D eigenvalue weighted by molar-refractivity contribution is 9.10. The number of aromatic nitrogens is 2. The highest BCUT2D eigenvalue weighted by Gasteiger charge is 2.38. The Kier molecular flexibility index (Phi) is 2.30. The summed E-state index contributed by atoms with van der Waals surface area (Å²) in [5.41, 5.74) is 0.559. The molecule has 7 heteroatoms. The normalized spacial score (nSPS) is 16.9. The molecule has 1 aliphatic heterocycles. The number of nitrogens with zero attached hydrogens (tertiary/aromatic N) is 2. The molecule has 0 aromatic carbocycles. The number of fused-ring (bicyclic) bond motifs is 1. The lowest BCUT2D eigenvalue weighted by molar-refractivity contribution is -0.147. The lowest BCUT2D eigenvalue weighted by Crippen LogP contribution is -2.30. The highest BCUT2D eigenvalue weighted by atomic mass is 79.9. The summed E-state index contributed by atoms with van der Waals surface area (Å²) in [7, 11) is 0. The molecule has 1 aromatic heterocycles. The molecule has 0 spiro atoms. The standard InChI is InChI=1S/C7H7BrF3N3/c8-5-4-3-12-1-2-14(4)6(13-5)7(9,10)11/h12H,1-3H2. The molecule has 0 fully saturated rings. The second-order valence-electron chi connectivity index (χ2n) is 3.00. The number of hydrogen-bond donors (Lipinski definition) is 1. The molecule has 1 aliphatic rings. The van der Waals surface area contributed by atoms with Crippen molar-refractivity contribution in [3.63, 3.8) is 0 Å². The maximum Gasteiger partial charge on any atom is 0.449 e. The molecule has 0 saturated heterocycles. The summed E-state index contributed by atoms with van der Waals surface area (Å²) in [4.78, 5) is 3.48. The van der Waals surface area contributed by atoms with E-state index in [1.807, 2.05) is 0 Å². The molecule has 0 aliphatic carbocycles. The van der Waals surface area contributed by atoms with Crippen molar-refractivity contribution < 1.29 is 13.2 Å². The fraction of sp³-hybridized carbons (Fsp3) is 0.571. The first-order chi connectivity index (χ1) is 6.50. The molecule has 0 amide bonds. The van der Waals surface area contributed by atoms with Crippen molar-refractivity contribution in [1.82, 2.24) is 14.9 Å². The third-order valence-corrected chi connectivity index (χ3v) is 2.72. The van der Waals surface area contributed by atoms with Gasteiger partial charge in [0, 0.05) is 19.6 Å². The number of hydrogen-bond acceptors (Lipinski definition) is 2. The number of alkyl halides is 3. The zero-order chi connectivity index (χ0) is 10.3. The Hall–Kier alpha value is -0.560. The Labute approximate surface area is 86.4 Å². The van der Waals surface area contributed by atoms with E-state index >= 15 is 0 Å². The first kappa shape index (κ1) is 9.97. The van der Waals surface area contributed by atoms with Crippen LogP contribution in [-0.2, 0) is 19.3 Å². The summed E-state index contributed by atoms with van der Waals surface area (Å²) < 4.78 is 38.9. The summed E-state index contributed by atoms with van der Waals surface area (Å²) in [6.07, 6.45) is -4.38. The van der Waals surface area contributed by atoms with Gasteiger partial charge in [-0.3, -0.25) is 0 Å². The van der Waals surface area contributed by atoms with E-state index in [9.17, 15) is 13.2 Å². The van der Waals surface area contributed by atoms with Crippen molar-refractivity contribution in [2.75, 3.05) is 6.54 Å². The van der Waals surface area contributed by atoms with Gasteiger partial charge in [-0.15, -0.1) is 0 Å². The van der Waals surface area contributed by atoms with Crippen LogP contribution < -0.4 is 5.32 Å². The van der Waals surface area contributed by atoms with Gasteiger partial charge in [0.15, 0.2) is 0 Å². The molecule has 2 rings (SSSR count). The molecular weight excluding hydrogens is 263 g/mol. The fourth-order valence-electron chi connectivity index (χ4n) is 1.48. The molecule has 1 N–H and O–H groups in total. The molecule has 0 saturated carbocycles. The van der Waals surface area contributed by atoms with Crippen molar-refractivity contribution in [3.8, 4) is 0 Å². The van der Waals surface area contributed by atoms with Crippen LogP contribution in [0.4, 0.5) is 13.2 Å². The smallest absolute Gasteiger partial charge is 0.321 e. The summed E-state index contributed by atoms with van der Waals surface area (Å²) >= 11 is 3.02. The first-order valence-electron chi connectivity index (χ1n) is 4.03. The second-order valence-corrected chi connectivity index (χ2v) is 3.75. The van der Waals surface area contributed by atoms with Gasteiger partial charge in [0.05, 0.1) is 5.69 Å². The quantitative estimate of drug-likeness (QED) is 0.778. The van der Waals surface area contributed by atoms with Crippen LogP contribution in [0.5, 0.6) is 0 Å². The van der Waals surface area contributed by atoms with Gasteiger partial charge in [0.1, 0.15) is 4.60 Å². The maximum absolute atomic E-state index is 12.5. The van der Waals surface area contributed by atoms with Crippen LogP contribution in [0.2, 0.25) is 0 Å². The summed E-state index contributed by atoms with van der Waals surface area (Å²) in [5, 5.41) is 2.99. The zero-order valence-electron chi connectivity index (χ0n) is 7.03. The Morgan fingerprint density at radius 1 is 1.43 bits per heavy atom. The van der Waals surface area contributed by atoms with Crippen molar-refractivity contribution >= 4 is 15.9 Å². The van der Waals surface area contributed by atoms with Gasteiger partial charge in [-0.25, -0.2) is 4.98 Å². The average Bonchev–Trinajstić information content (AvgIpc) is 2.44. The minimum absolute atomic E-state index is 0.275. The lowest BCUT2D eigenvalue weighted by atomic mass is 10.3. The Balaban J connectivity index is 2.52. The average molecular weight is 270 g/mol. The minimum atomic E-state index is -4.38. The number of nitrogens with one attached hydrogen (secondary N) is 1. The molecule has 0 bridgehead atoms. The van der Waals surface area contributed by atoms with Gasteiger partial charge in [0.2, 0.25) is 5.82 Å². The summed E-state index contributed by atoms with van der Waals surface area (Å²) in [6, 6.07) is 0. The molecule has 0 radical (unpaired) electrons. The van der Waals surface area contributed by atoms with E-state index in [1.165, 1.54) is 4.57 Å². The van der Waals surface area contributed by atoms with Crippen molar-refractivity contribution in [1.29, 1.82) is 0 Å². The van der Waals surface area contributed by atoms with E-state index in [0.29, 0.717) is 25.3 Å². The molecule has 0 unspecified atom stereocenters. The first-order valence-corrected chi connectivity index (χ1v) is 4.82. The van der Waals surface area contributed by atoms with Crippen LogP contribution in [-0.4, -0.2) is 16.1 Å². The SMILES string of the molecule is FC(F)(F)c1nc(Br)c2n1CCNC2. The van der Waals surface area contributed by atoms with Crippen LogP contribution in [0.3, 0.4) is 0 Å². The largest absolute Gasteiger partial charge is 0.449 e. The van der Waals surface area contributed by atoms with E-state index in [0.717, 1.165) is 0 Å². The number of halogens is 4. The lowest BCUT2D eigenvalue weighted by Gasteiger charge is -2.18. The Bertz CT molecular complexity index is 358. The fourth-order valence-corrected chi connectivity index (χ4v) is 2.00. The van der Waals surface area contributed by atoms with Crippen molar-refractivity contribution in [3.05, 3.63) is 16.1 Å². The summed E-state index contributed by atoms with van der Waals surface area (Å²) in [5.74, 6) is -0.819. The molecule has 3 nitrogen and oxygen atoms in total. The molecule has 78 valence electrons. The van der Waals surface area contributed by atoms with Crippen molar-refractivity contribution in [2.24, 2.45) is 0 Å². The predicted molar refractivity (Wildman–Crippen MR) is 46.6 cm³/mol. The van der Waals surface area contributed by atoms with Gasteiger partial charge in [0.25, 0.3) is 0 Å². The van der Waals surface area contributed by atoms with Gasteiger partial charge < -0.3 is 9.88 Å². The van der Waals surface area contributed by atoms with E-state index in [1.54, 1.807) is 0 Å². The molecule has 14 heavy (non-hydrogen) atoms. The van der Waals surface area contributed by atoms with Gasteiger partial charge in [-0.1, -0.05) is 0 Å². The Morgan fingerprint density at radius 2 is 2.14 bits per heavy atom. The molecule has 0 atom stereocenters. The van der Waals surface area contributed by atoms with Crippen LogP contribution in [0.25, 0.3) is 0 Å². The molecule has 2 heterocycles. The van der Waals surface area contributed by atoms with E-state index in [4.69, 9.17) is 0 Å². The number of imidazole rings is 1. The van der Waals surface area contributed by atoms with Crippen LogP contribution in [0.1, 0.15) is 11.5 Å². The topological polar surface area (TPSA) is 29.9 Å². The van der Waals surface area contributed by atoms with Gasteiger partial charge in [-0.05, 0) is 15.9 Å². The molecular formula is C7H7BrF3N3. The number of rotatable bonds is 0. The third-order valence-electron chi connectivity index (χ3n) is 2.08. The minimum Gasteiger partial charge on any atom is -0.321 e. The van der Waals surface area contributed by atoms with Gasteiger partial charge in [-0.2, -0.15) is 13.2 Å². The zero-order valence-corrected chi connectivity index (χ0v) is 8.61. The van der Waals surface area contributed by atoms with Crippen LogP contribution in [0.15, 0.2) is 4.60 Å². The predicted octanol–water partition coefficient (Wildman–Crippen LogP) is 1.77.